The second-order valence-electron chi connectivity index (χ2n) is 3.54. The molecule has 0 heterocycles. The fourth-order valence-electron chi connectivity index (χ4n) is 1.48. The van der Waals surface area contributed by atoms with E-state index in [0.717, 1.165) is 0 Å². The minimum Gasteiger partial charge on any atom is -0.0885 e. The summed E-state index contributed by atoms with van der Waals surface area (Å²) in [5.41, 5.74) is 0. The molecule has 0 nitrogen and oxygen atoms in total. The molecular formula is C13H20. The monoisotopic (exact) mass is 176 g/mol. The lowest BCUT2D eigenvalue weighted by Crippen LogP contribution is -1.74. The molecule has 0 saturated carbocycles. The van der Waals surface area contributed by atoms with Crippen LogP contribution in [0.4, 0.5) is 0 Å². The quantitative estimate of drug-likeness (QED) is 0.480. The van der Waals surface area contributed by atoms with Crippen LogP contribution in [0.1, 0.15) is 44.9 Å². The maximum absolute atomic E-state index is 2.33. The van der Waals surface area contributed by atoms with Gasteiger partial charge in [0.25, 0.3) is 0 Å². The third-order valence-electron chi connectivity index (χ3n) is 2.29. The summed E-state index contributed by atoms with van der Waals surface area (Å²) in [6, 6.07) is 0. The fraction of sp³-hybridized carbons (Fsp3) is 0.538. The van der Waals surface area contributed by atoms with E-state index in [1.165, 1.54) is 44.9 Å². The molecular weight excluding hydrogens is 156 g/mol. The smallest absolute Gasteiger partial charge is 0.0313 e. The van der Waals surface area contributed by atoms with Crippen LogP contribution >= 0.6 is 0 Å². The van der Waals surface area contributed by atoms with Crippen LogP contribution in [0.3, 0.4) is 0 Å². The van der Waals surface area contributed by atoms with Gasteiger partial charge in [-0.25, -0.2) is 0 Å². The first-order chi connectivity index (χ1) is 6.50. The Morgan fingerprint density at radius 2 is 1.00 bits per heavy atom. The summed E-state index contributed by atoms with van der Waals surface area (Å²) >= 11 is 0. The SMILES string of the molecule is C1=CCCC=CCCCCCC=C1. The van der Waals surface area contributed by atoms with Crippen LogP contribution < -0.4 is 0 Å². The highest BCUT2D eigenvalue weighted by Gasteiger charge is 1.86. The Morgan fingerprint density at radius 3 is 1.85 bits per heavy atom. The summed E-state index contributed by atoms with van der Waals surface area (Å²) < 4.78 is 0. The highest BCUT2D eigenvalue weighted by molar-refractivity contribution is 5.03. The van der Waals surface area contributed by atoms with Crippen LogP contribution in [0.2, 0.25) is 0 Å². The Balaban J connectivity index is 2.28. The van der Waals surface area contributed by atoms with Gasteiger partial charge >= 0.3 is 0 Å². The predicted octanol–water partition coefficient (Wildman–Crippen LogP) is 4.40. The lowest BCUT2D eigenvalue weighted by Gasteiger charge is -1.94. The molecule has 0 saturated heterocycles. The van der Waals surface area contributed by atoms with Crippen molar-refractivity contribution < 1.29 is 0 Å². The Morgan fingerprint density at radius 1 is 0.462 bits per heavy atom. The van der Waals surface area contributed by atoms with Crippen molar-refractivity contribution >= 4 is 0 Å². The average molecular weight is 176 g/mol. The number of hydrogen-bond acceptors (Lipinski definition) is 0. The van der Waals surface area contributed by atoms with E-state index in [0.29, 0.717) is 0 Å². The van der Waals surface area contributed by atoms with Gasteiger partial charge in [-0.15, -0.1) is 0 Å². The van der Waals surface area contributed by atoms with Crippen LogP contribution in [-0.4, -0.2) is 0 Å². The number of hydrogen-bond donors (Lipinski definition) is 0. The molecule has 0 bridgehead atoms. The molecule has 0 heteroatoms. The molecule has 1 aliphatic rings. The van der Waals surface area contributed by atoms with E-state index in [2.05, 4.69) is 36.5 Å². The van der Waals surface area contributed by atoms with Crippen molar-refractivity contribution in [1.82, 2.24) is 0 Å². The van der Waals surface area contributed by atoms with Gasteiger partial charge in [0.05, 0.1) is 0 Å². The molecule has 1 rings (SSSR count). The largest absolute Gasteiger partial charge is 0.0885 e. The third-order valence-corrected chi connectivity index (χ3v) is 2.29. The predicted molar refractivity (Wildman–Crippen MR) is 59.7 cm³/mol. The van der Waals surface area contributed by atoms with Crippen LogP contribution in [0, 0.1) is 0 Å². The Kier molecular flexibility index (Phi) is 6.22. The molecule has 0 aliphatic heterocycles. The zero-order valence-corrected chi connectivity index (χ0v) is 8.41. The topological polar surface area (TPSA) is 0 Å². The van der Waals surface area contributed by atoms with Gasteiger partial charge in [0.2, 0.25) is 0 Å². The van der Waals surface area contributed by atoms with E-state index < -0.39 is 0 Å². The van der Waals surface area contributed by atoms with E-state index in [4.69, 9.17) is 0 Å². The van der Waals surface area contributed by atoms with Gasteiger partial charge in [-0.1, -0.05) is 42.9 Å². The summed E-state index contributed by atoms with van der Waals surface area (Å²) in [6.45, 7) is 0. The van der Waals surface area contributed by atoms with Crippen molar-refractivity contribution in [3.8, 4) is 0 Å². The zero-order chi connectivity index (χ0) is 9.19. The van der Waals surface area contributed by atoms with Crippen molar-refractivity contribution in [2.24, 2.45) is 0 Å². The minimum atomic E-state index is 1.18. The summed E-state index contributed by atoms with van der Waals surface area (Å²) in [5, 5.41) is 0. The lowest BCUT2D eigenvalue weighted by molar-refractivity contribution is 0.695. The van der Waals surface area contributed by atoms with Gasteiger partial charge < -0.3 is 0 Å². The molecule has 0 aromatic rings. The van der Waals surface area contributed by atoms with E-state index in [1.54, 1.807) is 0 Å². The van der Waals surface area contributed by atoms with Gasteiger partial charge in [-0.2, -0.15) is 0 Å². The summed E-state index contributed by atoms with van der Waals surface area (Å²) in [6.07, 6.45) is 22.5. The molecule has 0 amide bonds. The van der Waals surface area contributed by atoms with Gasteiger partial charge in [0, 0.05) is 0 Å². The fourth-order valence-corrected chi connectivity index (χ4v) is 1.48. The van der Waals surface area contributed by atoms with E-state index in [1.807, 2.05) is 0 Å². The van der Waals surface area contributed by atoms with Gasteiger partial charge in [0.15, 0.2) is 0 Å². The van der Waals surface area contributed by atoms with E-state index >= 15 is 0 Å². The van der Waals surface area contributed by atoms with E-state index in [9.17, 15) is 0 Å². The Hall–Kier alpha value is -0.780. The lowest BCUT2D eigenvalue weighted by atomic mass is 10.1. The maximum atomic E-state index is 2.33. The molecule has 13 heavy (non-hydrogen) atoms. The van der Waals surface area contributed by atoms with Crippen molar-refractivity contribution in [3.05, 3.63) is 36.5 Å². The van der Waals surface area contributed by atoms with Crippen LogP contribution in [0.25, 0.3) is 0 Å². The zero-order valence-electron chi connectivity index (χ0n) is 8.41. The molecule has 0 spiro atoms. The van der Waals surface area contributed by atoms with Crippen molar-refractivity contribution in [3.63, 3.8) is 0 Å². The van der Waals surface area contributed by atoms with Crippen molar-refractivity contribution in [1.29, 1.82) is 0 Å². The molecule has 0 N–H and O–H groups in total. The molecule has 0 fully saturated rings. The van der Waals surface area contributed by atoms with E-state index in [-0.39, 0.29) is 0 Å². The normalized spacial score (nSPS) is 20.3. The molecule has 0 atom stereocenters. The Bertz CT molecular complexity index is 184. The summed E-state index contributed by atoms with van der Waals surface area (Å²) in [4.78, 5) is 0. The van der Waals surface area contributed by atoms with Crippen LogP contribution in [-0.2, 0) is 0 Å². The molecule has 72 valence electrons. The number of rotatable bonds is 0. The highest BCUT2D eigenvalue weighted by Crippen LogP contribution is 2.06. The van der Waals surface area contributed by atoms with Gasteiger partial charge in [0.1, 0.15) is 0 Å². The minimum absolute atomic E-state index is 1.18. The van der Waals surface area contributed by atoms with Crippen molar-refractivity contribution in [2.45, 2.75) is 44.9 Å². The molecule has 0 unspecified atom stereocenters. The van der Waals surface area contributed by atoms with Gasteiger partial charge in [-0.05, 0) is 38.5 Å². The Labute approximate surface area is 82.0 Å². The van der Waals surface area contributed by atoms with Crippen LogP contribution in [0.5, 0.6) is 0 Å². The first kappa shape index (κ1) is 10.3. The molecule has 0 radical (unpaired) electrons. The van der Waals surface area contributed by atoms with Crippen LogP contribution in [0.15, 0.2) is 36.5 Å². The average Bonchev–Trinajstić information content (AvgIpc) is 2.18. The molecule has 0 aromatic carbocycles. The highest BCUT2D eigenvalue weighted by atomic mass is 13.9. The third kappa shape index (κ3) is 6.39. The second kappa shape index (κ2) is 7.85. The second-order valence-corrected chi connectivity index (χ2v) is 3.54. The molecule has 0 aromatic heterocycles. The molecule has 1 aliphatic carbocycles. The summed E-state index contributed by atoms with van der Waals surface area (Å²) in [5.74, 6) is 0. The number of allylic oxidation sites excluding steroid dienone is 6. The maximum Gasteiger partial charge on any atom is -0.0313 e. The standard InChI is InChI=1S/C13H20/c1-2-4-6-8-10-12-13-11-9-7-5-3-1/h1-4,9,11H,5-8,10,12-13H2. The first-order valence-corrected chi connectivity index (χ1v) is 5.47. The van der Waals surface area contributed by atoms with Gasteiger partial charge in [-0.3, -0.25) is 0 Å². The first-order valence-electron chi connectivity index (χ1n) is 5.47. The summed E-state index contributed by atoms with van der Waals surface area (Å²) in [7, 11) is 0. The van der Waals surface area contributed by atoms with Crippen molar-refractivity contribution in [2.75, 3.05) is 0 Å².